The van der Waals surface area contributed by atoms with E-state index < -0.39 is 17.6 Å². The molecule has 0 spiro atoms. The van der Waals surface area contributed by atoms with E-state index in [1.165, 1.54) is 0 Å². The molecule has 1 amide bonds. The third-order valence-corrected chi connectivity index (χ3v) is 2.93. The molecule has 3 nitrogen and oxygen atoms in total. The number of benzene rings is 2. The predicted molar refractivity (Wildman–Crippen MR) is 75.0 cm³/mol. The highest BCUT2D eigenvalue weighted by molar-refractivity contribution is 6.05. The van der Waals surface area contributed by atoms with Crippen LogP contribution in [-0.4, -0.2) is 5.91 Å². The number of carbonyl (C=O) groups is 1. The smallest absolute Gasteiger partial charge is 0.397 e. The molecule has 0 aliphatic carbocycles. The first kappa shape index (κ1) is 14.9. The summed E-state index contributed by atoms with van der Waals surface area (Å²) >= 11 is 0. The summed E-state index contributed by atoms with van der Waals surface area (Å²) in [6, 6.07) is 9.13. The van der Waals surface area contributed by atoms with Crippen LogP contribution in [-0.2, 0) is 6.18 Å². The van der Waals surface area contributed by atoms with Gasteiger partial charge in [0.15, 0.2) is 0 Å². The maximum atomic E-state index is 12.4. The Morgan fingerprint density at radius 2 is 1.71 bits per heavy atom. The zero-order valence-corrected chi connectivity index (χ0v) is 11.2. The van der Waals surface area contributed by atoms with Crippen LogP contribution in [0.2, 0.25) is 0 Å². The first-order chi connectivity index (χ1) is 9.77. The molecule has 2 rings (SSSR count). The molecule has 3 N–H and O–H groups in total. The summed E-state index contributed by atoms with van der Waals surface area (Å²) in [5, 5.41) is 2.58. The second-order valence-electron chi connectivity index (χ2n) is 4.62. The molecular formula is C15H13F3N2O. The van der Waals surface area contributed by atoms with Crippen molar-refractivity contribution in [3.8, 4) is 0 Å². The number of anilines is 2. The average Bonchev–Trinajstić information content (AvgIpc) is 2.42. The van der Waals surface area contributed by atoms with Gasteiger partial charge in [-0.1, -0.05) is 6.07 Å². The number of amides is 1. The summed E-state index contributed by atoms with van der Waals surface area (Å²) in [5.41, 5.74) is 6.79. The molecule has 0 aliphatic heterocycles. The van der Waals surface area contributed by atoms with Crippen molar-refractivity contribution in [1.29, 1.82) is 0 Å². The molecule has 0 saturated heterocycles. The lowest BCUT2D eigenvalue weighted by atomic mass is 10.1. The Kier molecular flexibility index (Phi) is 3.88. The minimum absolute atomic E-state index is 0.129. The topological polar surface area (TPSA) is 55.1 Å². The van der Waals surface area contributed by atoms with Crippen molar-refractivity contribution in [2.45, 2.75) is 13.1 Å². The standard InChI is InChI=1S/C15H13F3N2O/c1-9-2-7-12(19)13(8-9)20-14(21)10-3-5-11(6-4-10)15(16,17)18/h2-8H,19H2,1H3,(H,20,21). The third kappa shape index (κ3) is 3.53. The number of hydrogen-bond donors (Lipinski definition) is 2. The number of rotatable bonds is 2. The van der Waals surface area contributed by atoms with Gasteiger partial charge in [0.2, 0.25) is 0 Å². The van der Waals surface area contributed by atoms with Crippen molar-refractivity contribution in [3.63, 3.8) is 0 Å². The second-order valence-corrected chi connectivity index (χ2v) is 4.62. The van der Waals surface area contributed by atoms with E-state index in [2.05, 4.69) is 5.32 Å². The fourth-order valence-electron chi connectivity index (χ4n) is 1.78. The van der Waals surface area contributed by atoms with Gasteiger partial charge in [0.1, 0.15) is 0 Å². The molecule has 0 saturated carbocycles. The molecule has 0 unspecified atom stereocenters. The lowest BCUT2D eigenvalue weighted by Crippen LogP contribution is -2.14. The summed E-state index contributed by atoms with van der Waals surface area (Å²) in [7, 11) is 0. The van der Waals surface area contributed by atoms with Gasteiger partial charge in [-0.15, -0.1) is 0 Å². The Balaban J connectivity index is 2.19. The van der Waals surface area contributed by atoms with Crippen LogP contribution in [0.15, 0.2) is 42.5 Å². The lowest BCUT2D eigenvalue weighted by Gasteiger charge is -2.10. The SMILES string of the molecule is Cc1ccc(N)c(NC(=O)c2ccc(C(F)(F)F)cc2)c1. The second kappa shape index (κ2) is 5.47. The van der Waals surface area contributed by atoms with Crippen LogP contribution in [0, 0.1) is 6.92 Å². The normalized spacial score (nSPS) is 11.2. The Hall–Kier alpha value is -2.50. The summed E-state index contributed by atoms with van der Waals surface area (Å²) in [6.45, 7) is 1.84. The highest BCUT2D eigenvalue weighted by Gasteiger charge is 2.30. The fourth-order valence-corrected chi connectivity index (χ4v) is 1.78. The van der Waals surface area contributed by atoms with Crippen molar-refractivity contribution in [3.05, 3.63) is 59.2 Å². The van der Waals surface area contributed by atoms with Gasteiger partial charge >= 0.3 is 6.18 Å². The molecule has 0 bridgehead atoms. The van der Waals surface area contributed by atoms with Gasteiger partial charge < -0.3 is 11.1 Å². The average molecular weight is 294 g/mol. The fraction of sp³-hybridized carbons (Fsp3) is 0.133. The molecule has 0 radical (unpaired) electrons. The number of nitrogens with one attached hydrogen (secondary N) is 1. The molecule has 2 aromatic carbocycles. The van der Waals surface area contributed by atoms with Crippen molar-refractivity contribution >= 4 is 17.3 Å². The molecule has 0 aliphatic rings. The number of aryl methyl sites for hydroxylation is 1. The summed E-state index contributed by atoms with van der Waals surface area (Å²) < 4.78 is 37.3. The van der Waals surface area contributed by atoms with Crippen molar-refractivity contribution < 1.29 is 18.0 Å². The molecular weight excluding hydrogens is 281 g/mol. The Morgan fingerprint density at radius 3 is 2.29 bits per heavy atom. The van der Waals surface area contributed by atoms with Gasteiger partial charge in [0.25, 0.3) is 5.91 Å². The maximum absolute atomic E-state index is 12.4. The zero-order valence-electron chi connectivity index (χ0n) is 11.2. The highest BCUT2D eigenvalue weighted by Crippen LogP contribution is 2.29. The van der Waals surface area contributed by atoms with E-state index in [0.29, 0.717) is 11.4 Å². The van der Waals surface area contributed by atoms with Gasteiger partial charge in [-0.25, -0.2) is 0 Å². The third-order valence-electron chi connectivity index (χ3n) is 2.93. The molecule has 0 aromatic heterocycles. The van der Waals surface area contributed by atoms with E-state index in [1.54, 1.807) is 18.2 Å². The van der Waals surface area contributed by atoms with E-state index in [4.69, 9.17) is 5.73 Å². The van der Waals surface area contributed by atoms with Crippen LogP contribution in [0.3, 0.4) is 0 Å². The van der Waals surface area contributed by atoms with Crippen LogP contribution in [0.5, 0.6) is 0 Å². The summed E-state index contributed by atoms with van der Waals surface area (Å²) in [6.07, 6.45) is -4.42. The number of nitrogens with two attached hydrogens (primary N) is 1. The van der Waals surface area contributed by atoms with E-state index in [0.717, 1.165) is 29.8 Å². The minimum atomic E-state index is -4.42. The molecule has 110 valence electrons. The zero-order chi connectivity index (χ0) is 15.6. The quantitative estimate of drug-likeness (QED) is 0.827. The van der Waals surface area contributed by atoms with Gasteiger partial charge in [-0.05, 0) is 48.9 Å². The van der Waals surface area contributed by atoms with E-state index >= 15 is 0 Å². The molecule has 0 heterocycles. The number of hydrogen-bond acceptors (Lipinski definition) is 2. The van der Waals surface area contributed by atoms with Crippen molar-refractivity contribution in [1.82, 2.24) is 0 Å². The van der Waals surface area contributed by atoms with Crippen molar-refractivity contribution in [2.75, 3.05) is 11.1 Å². The van der Waals surface area contributed by atoms with Gasteiger partial charge in [-0.2, -0.15) is 13.2 Å². The maximum Gasteiger partial charge on any atom is 0.416 e. The molecule has 2 aromatic rings. The van der Waals surface area contributed by atoms with Crippen LogP contribution >= 0.6 is 0 Å². The number of halogens is 3. The van der Waals surface area contributed by atoms with E-state index in [-0.39, 0.29) is 5.56 Å². The summed E-state index contributed by atoms with van der Waals surface area (Å²) in [4.78, 5) is 12.0. The van der Waals surface area contributed by atoms with E-state index in [1.807, 2.05) is 6.92 Å². The van der Waals surface area contributed by atoms with Crippen molar-refractivity contribution in [2.24, 2.45) is 0 Å². The predicted octanol–water partition coefficient (Wildman–Crippen LogP) is 3.85. The van der Waals surface area contributed by atoms with Crippen LogP contribution in [0.25, 0.3) is 0 Å². The minimum Gasteiger partial charge on any atom is -0.397 e. The Bertz CT molecular complexity index is 664. The largest absolute Gasteiger partial charge is 0.416 e. The van der Waals surface area contributed by atoms with Gasteiger partial charge in [0.05, 0.1) is 16.9 Å². The molecule has 0 atom stereocenters. The molecule has 0 fully saturated rings. The Morgan fingerprint density at radius 1 is 1.10 bits per heavy atom. The highest BCUT2D eigenvalue weighted by atomic mass is 19.4. The number of alkyl halides is 3. The Labute approximate surface area is 119 Å². The van der Waals surface area contributed by atoms with Gasteiger partial charge in [0, 0.05) is 5.56 Å². The van der Waals surface area contributed by atoms with Crippen LogP contribution in [0.4, 0.5) is 24.5 Å². The summed E-state index contributed by atoms with van der Waals surface area (Å²) in [5.74, 6) is -0.513. The number of nitrogen functional groups attached to an aromatic ring is 1. The van der Waals surface area contributed by atoms with Gasteiger partial charge in [-0.3, -0.25) is 4.79 Å². The van der Waals surface area contributed by atoms with Crippen LogP contribution in [0.1, 0.15) is 21.5 Å². The molecule has 6 heteroatoms. The van der Waals surface area contributed by atoms with Crippen LogP contribution < -0.4 is 11.1 Å². The monoisotopic (exact) mass is 294 g/mol. The first-order valence-corrected chi connectivity index (χ1v) is 6.12. The van der Waals surface area contributed by atoms with E-state index in [9.17, 15) is 18.0 Å². The number of carbonyl (C=O) groups excluding carboxylic acids is 1. The first-order valence-electron chi connectivity index (χ1n) is 6.12. The molecule has 21 heavy (non-hydrogen) atoms. The lowest BCUT2D eigenvalue weighted by molar-refractivity contribution is -0.137.